The van der Waals surface area contributed by atoms with Crippen molar-refractivity contribution in [3.05, 3.63) is 63.8 Å². The summed E-state index contributed by atoms with van der Waals surface area (Å²) in [5.74, 6) is -0.623. The van der Waals surface area contributed by atoms with Crippen LogP contribution in [0.2, 0.25) is 0 Å². The summed E-state index contributed by atoms with van der Waals surface area (Å²) in [6.45, 7) is 3.38. The minimum atomic E-state index is -0.834. The predicted molar refractivity (Wildman–Crippen MR) is 87.6 cm³/mol. The number of amides is 2. The quantitative estimate of drug-likeness (QED) is 0.644. The second kappa shape index (κ2) is 7.32. The highest BCUT2D eigenvalue weighted by molar-refractivity contribution is 6.00. The number of nitrogens with zero attached hydrogens (tertiary/aromatic N) is 2. The molecule has 1 aromatic heterocycles. The molecule has 1 heterocycles. The summed E-state index contributed by atoms with van der Waals surface area (Å²) >= 11 is 0. The Morgan fingerprint density at radius 2 is 2.00 bits per heavy atom. The maximum absolute atomic E-state index is 12.1. The Bertz CT molecular complexity index is 791. The Morgan fingerprint density at radius 3 is 2.67 bits per heavy atom. The lowest BCUT2D eigenvalue weighted by Crippen LogP contribution is -2.41. The molecule has 2 aromatic rings. The van der Waals surface area contributed by atoms with Gasteiger partial charge < -0.3 is 10.6 Å². The van der Waals surface area contributed by atoms with Crippen molar-refractivity contribution >= 4 is 23.3 Å². The van der Waals surface area contributed by atoms with Crippen molar-refractivity contribution in [2.24, 2.45) is 0 Å². The van der Waals surface area contributed by atoms with Gasteiger partial charge in [-0.15, -0.1) is 0 Å². The summed E-state index contributed by atoms with van der Waals surface area (Å²) in [5.41, 5.74) is 0.856. The van der Waals surface area contributed by atoms with Crippen LogP contribution in [0.25, 0.3) is 0 Å². The van der Waals surface area contributed by atoms with Gasteiger partial charge in [-0.1, -0.05) is 6.07 Å². The van der Waals surface area contributed by atoms with Crippen LogP contribution in [0.4, 0.5) is 11.5 Å². The fourth-order valence-corrected chi connectivity index (χ4v) is 1.95. The van der Waals surface area contributed by atoms with Crippen molar-refractivity contribution in [2.45, 2.75) is 19.9 Å². The van der Waals surface area contributed by atoms with Crippen LogP contribution in [-0.2, 0) is 4.79 Å². The standard InChI is InChI=1S/C16H16N4O4/c1-10-6-7-17-14(8-10)19-15(21)11(2)18-16(22)12-4-3-5-13(9-12)20(23)24/h3-9,11H,1-2H3,(H,18,22)(H,17,19,21). The Morgan fingerprint density at radius 1 is 1.25 bits per heavy atom. The second-order valence-corrected chi connectivity index (χ2v) is 5.21. The third-order valence-electron chi connectivity index (χ3n) is 3.23. The molecule has 8 heteroatoms. The topological polar surface area (TPSA) is 114 Å². The molecule has 0 saturated carbocycles. The van der Waals surface area contributed by atoms with Crippen LogP contribution in [0.3, 0.4) is 0 Å². The van der Waals surface area contributed by atoms with Gasteiger partial charge in [-0.05, 0) is 37.6 Å². The largest absolute Gasteiger partial charge is 0.341 e. The minimum absolute atomic E-state index is 0.109. The van der Waals surface area contributed by atoms with E-state index < -0.39 is 22.8 Å². The summed E-state index contributed by atoms with van der Waals surface area (Å²) < 4.78 is 0. The fourth-order valence-electron chi connectivity index (χ4n) is 1.95. The second-order valence-electron chi connectivity index (χ2n) is 5.21. The average Bonchev–Trinajstić information content (AvgIpc) is 2.54. The molecular weight excluding hydrogens is 312 g/mol. The predicted octanol–water partition coefficient (Wildman–Crippen LogP) is 2.06. The van der Waals surface area contributed by atoms with Crippen molar-refractivity contribution in [1.82, 2.24) is 10.3 Å². The number of carbonyl (C=O) groups is 2. The smallest absolute Gasteiger partial charge is 0.270 e. The Kier molecular flexibility index (Phi) is 5.20. The van der Waals surface area contributed by atoms with Crippen molar-refractivity contribution in [2.75, 3.05) is 5.32 Å². The first kappa shape index (κ1) is 17.1. The van der Waals surface area contributed by atoms with Crippen molar-refractivity contribution < 1.29 is 14.5 Å². The third-order valence-corrected chi connectivity index (χ3v) is 3.23. The molecule has 2 amide bonds. The van der Waals surface area contributed by atoms with Gasteiger partial charge in [0, 0.05) is 23.9 Å². The highest BCUT2D eigenvalue weighted by Crippen LogP contribution is 2.13. The maximum Gasteiger partial charge on any atom is 0.270 e. The van der Waals surface area contributed by atoms with E-state index in [1.54, 1.807) is 18.3 Å². The van der Waals surface area contributed by atoms with E-state index in [0.29, 0.717) is 5.82 Å². The minimum Gasteiger partial charge on any atom is -0.341 e. The maximum atomic E-state index is 12.1. The number of carbonyl (C=O) groups excluding carboxylic acids is 2. The normalized spacial score (nSPS) is 11.4. The highest BCUT2D eigenvalue weighted by Gasteiger charge is 2.18. The van der Waals surface area contributed by atoms with Crippen LogP contribution in [-0.4, -0.2) is 27.8 Å². The third kappa shape index (κ3) is 4.35. The number of pyridine rings is 1. The lowest BCUT2D eigenvalue weighted by atomic mass is 10.1. The molecule has 0 radical (unpaired) electrons. The lowest BCUT2D eigenvalue weighted by molar-refractivity contribution is -0.384. The van der Waals surface area contributed by atoms with E-state index in [1.807, 2.05) is 6.92 Å². The Hall–Kier alpha value is -3.29. The summed E-state index contributed by atoms with van der Waals surface area (Å²) in [4.78, 5) is 38.4. The number of hydrogen-bond acceptors (Lipinski definition) is 5. The highest BCUT2D eigenvalue weighted by atomic mass is 16.6. The van der Waals surface area contributed by atoms with Crippen LogP contribution in [0.15, 0.2) is 42.6 Å². The van der Waals surface area contributed by atoms with E-state index in [0.717, 1.165) is 11.6 Å². The first-order valence-electron chi connectivity index (χ1n) is 7.15. The molecule has 0 aliphatic rings. The molecule has 0 spiro atoms. The average molecular weight is 328 g/mol. The van der Waals surface area contributed by atoms with Gasteiger partial charge in [0.05, 0.1) is 4.92 Å². The molecule has 24 heavy (non-hydrogen) atoms. The molecule has 0 saturated heterocycles. The molecule has 0 fully saturated rings. The molecule has 1 atom stereocenters. The molecule has 0 bridgehead atoms. The number of rotatable bonds is 5. The fraction of sp³-hybridized carbons (Fsp3) is 0.188. The van der Waals surface area contributed by atoms with E-state index in [4.69, 9.17) is 0 Å². The van der Waals surface area contributed by atoms with Crippen LogP contribution in [0.5, 0.6) is 0 Å². The van der Waals surface area contributed by atoms with Crippen molar-refractivity contribution in [3.8, 4) is 0 Å². The number of benzene rings is 1. The van der Waals surface area contributed by atoms with Crippen LogP contribution >= 0.6 is 0 Å². The van der Waals surface area contributed by atoms with E-state index in [9.17, 15) is 19.7 Å². The number of nitro benzene ring substituents is 1. The van der Waals surface area contributed by atoms with Gasteiger partial charge in [0.25, 0.3) is 11.6 Å². The number of hydrogen-bond donors (Lipinski definition) is 2. The van der Waals surface area contributed by atoms with Crippen LogP contribution < -0.4 is 10.6 Å². The molecule has 1 unspecified atom stereocenters. The number of non-ortho nitro benzene ring substituents is 1. The summed E-state index contributed by atoms with van der Waals surface area (Å²) in [6.07, 6.45) is 1.57. The molecular formula is C16H16N4O4. The van der Waals surface area contributed by atoms with Crippen molar-refractivity contribution in [1.29, 1.82) is 0 Å². The molecule has 1 aromatic carbocycles. The monoisotopic (exact) mass is 328 g/mol. The van der Waals surface area contributed by atoms with Gasteiger partial charge in [-0.3, -0.25) is 19.7 Å². The SMILES string of the molecule is Cc1ccnc(NC(=O)C(C)NC(=O)c2cccc([N+](=O)[O-])c2)c1. The molecule has 2 N–H and O–H groups in total. The number of nitro groups is 1. The molecule has 124 valence electrons. The van der Waals surface area contributed by atoms with E-state index >= 15 is 0 Å². The Balaban J connectivity index is 2.01. The first-order valence-corrected chi connectivity index (χ1v) is 7.15. The van der Waals surface area contributed by atoms with Gasteiger partial charge in [-0.25, -0.2) is 4.98 Å². The van der Waals surface area contributed by atoms with E-state index in [-0.39, 0.29) is 11.3 Å². The van der Waals surface area contributed by atoms with Crippen LogP contribution in [0, 0.1) is 17.0 Å². The lowest BCUT2D eigenvalue weighted by Gasteiger charge is -2.14. The van der Waals surface area contributed by atoms with Gasteiger partial charge in [-0.2, -0.15) is 0 Å². The van der Waals surface area contributed by atoms with E-state index in [2.05, 4.69) is 15.6 Å². The zero-order chi connectivity index (χ0) is 17.7. The summed E-state index contributed by atoms with van der Waals surface area (Å²) in [7, 11) is 0. The zero-order valence-corrected chi connectivity index (χ0v) is 13.1. The number of anilines is 1. The van der Waals surface area contributed by atoms with Gasteiger partial charge >= 0.3 is 0 Å². The molecule has 2 rings (SSSR count). The number of aryl methyl sites for hydroxylation is 1. The first-order chi connectivity index (χ1) is 11.4. The van der Waals surface area contributed by atoms with Gasteiger partial charge in [0.2, 0.25) is 5.91 Å². The molecule has 8 nitrogen and oxygen atoms in total. The summed E-state index contributed by atoms with van der Waals surface area (Å²) in [6, 6.07) is 7.96. The van der Waals surface area contributed by atoms with E-state index in [1.165, 1.54) is 25.1 Å². The number of nitrogens with one attached hydrogen (secondary N) is 2. The summed E-state index contributed by atoms with van der Waals surface area (Å²) in [5, 5.41) is 15.8. The number of aromatic nitrogens is 1. The Labute approximate surface area is 138 Å². The molecule has 0 aliphatic heterocycles. The molecule has 0 aliphatic carbocycles. The van der Waals surface area contributed by atoms with Gasteiger partial charge in [0.15, 0.2) is 0 Å². The van der Waals surface area contributed by atoms with Gasteiger partial charge in [0.1, 0.15) is 11.9 Å². The van der Waals surface area contributed by atoms with Crippen molar-refractivity contribution in [3.63, 3.8) is 0 Å². The zero-order valence-electron chi connectivity index (χ0n) is 13.1. The van der Waals surface area contributed by atoms with Crippen LogP contribution in [0.1, 0.15) is 22.8 Å².